The van der Waals surface area contributed by atoms with Crippen molar-refractivity contribution in [2.75, 3.05) is 0 Å². The molecule has 0 aliphatic carbocycles. The molecule has 0 saturated heterocycles. The Balaban J connectivity index is 3.58. The molecular formula is C4H6N2O. The van der Waals surface area contributed by atoms with Gasteiger partial charge in [-0.05, 0) is 6.20 Å². The molecule has 0 amide bonds. The highest BCUT2D eigenvalue weighted by Gasteiger charge is 1.80. The topological polar surface area (TPSA) is 66.9 Å². The van der Waals surface area contributed by atoms with Crippen LogP contribution in [0.4, 0.5) is 0 Å². The van der Waals surface area contributed by atoms with Crippen LogP contribution in [-0.4, -0.2) is 12.0 Å². The highest BCUT2D eigenvalue weighted by Crippen LogP contribution is 1.63. The SMILES string of the molecule is N=CC(=O)C=CN. The van der Waals surface area contributed by atoms with Crippen molar-refractivity contribution in [2.45, 2.75) is 0 Å². The molecule has 38 valence electrons. The number of hydrogen-bond donors (Lipinski definition) is 2. The number of carbonyl (C=O) groups excluding carboxylic acids is 1. The summed E-state index contributed by atoms with van der Waals surface area (Å²) < 4.78 is 0. The molecule has 3 nitrogen and oxygen atoms in total. The molecule has 7 heavy (non-hydrogen) atoms. The third kappa shape index (κ3) is 2.69. The van der Waals surface area contributed by atoms with Gasteiger partial charge in [0.25, 0.3) is 0 Å². The molecule has 0 aromatic heterocycles. The second kappa shape index (κ2) is 3.08. The summed E-state index contributed by atoms with van der Waals surface area (Å²) in [5, 5.41) is 6.33. The zero-order valence-corrected chi connectivity index (χ0v) is 3.72. The van der Waals surface area contributed by atoms with Crippen molar-refractivity contribution in [1.29, 1.82) is 5.41 Å². The minimum Gasteiger partial charge on any atom is -0.404 e. The quantitative estimate of drug-likeness (QED) is 0.367. The Labute approximate surface area is 41.3 Å². The van der Waals surface area contributed by atoms with Crippen LogP contribution >= 0.6 is 0 Å². The summed E-state index contributed by atoms with van der Waals surface area (Å²) in [6, 6.07) is 0. The summed E-state index contributed by atoms with van der Waals surface area (Å²) in [5.74, 6) is -0.387. The molecule has 0 bridgehead atoms. The molecule has 0 saturated carbocycles. The lowest BCUT2D eigenvalue weighted by Crippen LogP contribution is -1.92. The van der Waals surface area contributed by atoms with Gasteiger partial charge in [-0.2, -0.15) is 0 Å². The van der Waals surface area contributed by atoms with E-state index in [0.717, 1.165) is 12.3 Å². The molecule has 0 spiro atoms. The van der Waals surface area contributed by atoms with E-state index in [1.807, 2.05) is 0 Å². The highest BCUT2D eigenvalue weighted by atomic mass is 16.1. The molecule has 0 heterocycles. The Morgan fingerprint density at radius 1 is 1.71 bits per heavy atom. The maximum atomic E-state index is 10.0. The normalized spacial score (nSPS) is 9.14. The van der Waals surface area contributed by atoms with Crippen LogP contribution in [0.15, 0.2) is 12.3 Å². The molecule has 0 radical (unpaired) electrons. The minimum atomic E-state index is -0.387. The Morgan fingerprint density at radius 2 is 2.29 bits per heavy atom. The summed E-state index contributed by atoms with van der Waals surface area (Å²) in [6.07, 6.45) is 2.92. The first-order valence-corrected chi connectivity index (χ1v) is 1.74. The van der Waals surface area contributed by atoms with Gasteiger partial charge in [-0.1, -0.05) is 0 Å². The second-order valence-corrected chi connectivity index (χ2v) is 0.906. The maximum Gasteiger partial charge on any atom is 0.197 e. The second-order valence-electron chi connectivity index (χ2n) is 0.906. The summed E-state index contributed by atoms with van der Waals surface area (Å²) in [5.41, 5.74) is 4.80. The smallest absolute Gasteiger partial charge is 0.197 e. The zero-order valence-electron chi connectivity index (χ0n) is 3.72. The molecule has 0 aromatic rings. The van der Waals surface area contributed by atoms with Gasteiger partial charge in [-0.3, -0.25) is 4.79 Å². The lowest BCUT2D eigenvalue weighted by atomic mass is 10.4. The molecule has 3 N–H and O–H groups in total. The van der Waals surface area contributed by atoms with Gasteiger partial charge in [0.15, 0.2) is 5.78 Å². The van der Waals surface area contributed by atoms with Crippen molar-refractivity contribution >= 4 is 12.0 Å². The Kier molecular flexibility index (Phi) is 2.59. The first-order chi connectivity index (χ1) is 3.31. The zero-order chi connectivity index (χ0) is 5.70. The lowest BCUT2D eigenvalue weighted by molar-refractivity contribution is -0.108. The van der Waals surface area contributed by atoms with Gasteiger partial charge >= 0.3 is 0 Å². The Morgan fingerprint density at radius 3 is 2.43 bits per heavy atom. The molecule has 0 unspecified atom stereocenters. The van der Waals surface area contributed by atoms with E-state index in [-0.39, 0.29) is 5.78 Å². The Bertz CT molecular complexity index is 106. The van der Waals surface area contributed by atoms with Crippen LogP contribution < -0.4 is 5.73 Å². The summed E-state index contributed by atoms with van der Waals surface area (Å²) in [7, 11) is 0. The predicted octanol–water partition coefficient (Wildman–Crippen LogP) is -0.323. The first-order valence-electron chi connectivity index (χ1n) is 1.74. The van der Waals surface area contributed by atoms with Gasteiger partial charge in [-0.25, -0.2) is 0 Å². The number of hydrogen-bond acceptors (Lipinski definition) is 3. The van der Waals surface area contributed by atoms with Gasteiger partial charge in [0.1, 0.15) is 0 Å². The maximum absolute atomic E-state index is 10.0. The van der Waals surface area contributed by atoms with E-state index in [2.05, 4.69) is 0 Å². The largest absolute Gasteiger partial charge is 0.404 e. The molecule has 0 atom stereocenters. The third-order valence-corrected chi connectivity index (χ3v) is 0.403. The number of rotatable bonds is 2. The van der Waals surface area contributed by atoms with Crippen molar-refractivity contribution in [1.82, 2.24) is 0 Å². The predicted molar refractivity (Wildman–Crippen MR) is 27.1 cm³/mol. The number of nitrogens with one attached hydrogen (secondary N) is 1. The van der Waals surface area contributed by atoms with E-state index in [1.165, 1.54) is 0 Å². The van der Waals surface area contributed by atoms with Crippen LogP contribution in [0.25, 0.3) is 0 Å². The van der Waals surface area contributed by atoms with Crippen molar-refractivity contribution in [3.05, 3.63) is 12.3 Å². The van der Waals surface area contributed by atoms with E-state index < -0.39 is 0 Å². The summed E-state index contributed by atoms with van der Waals surface area (Å²) in [4.78, 5) is 10.0. The number of carbonyl (C=O) groups is 1. The number of nitrogens with two attached hydrogens (primary N) is 1. The molecular weight excluding hydrogens is 92.1 g/mol. The fourth-order valence-electron chi connectivity index (χ4n) is 0.143. The molecule has 0 aliphatic heterocycles. The highest BCUT2D eigenvalue weighted by molar-refractivity contribution is 6.31. The number of ketones is 1. The molecule has 3 heteroatoms. The lowest BCUT2D eigenvalue weighted by Gasteiger charge is -1.71. The van der Waals surface area contributed by atoms with Crippen molar-refractivity contribution in [2.24, 2.45) is 5.73 Å². The average molecular weight is 98.1 g/mol. The molecule has 0 fully saturated rings. The van der Waals surface area contributed by atoms with Gasteiger partial charge in [0, 0.05) is 6.08 Å². The van der Waals surface area contributed by atoms with Crippen LogP contribution in [0.3, 0.4) is 0 Å². The molecule has 0 aromatic carbocycles. The minimum absolute atomic E-state index is 0.387. The van der Waals surface area contributed by atoms with E-state index in [0.29, 0.717) is 6.21 Å². The fraction of sp³-hybridized carbons (Fsp3) is 0. The van der Waals surface area contributed by atoms with Crippen molar-refractivity contribution in [3.63, 3.8) is 0 Å². The van der Waals surface area contributed by atoms with Crippen molar-refractivity contribution < 1.29 is 4.79 Å². The molecule has 0 aliphatic rings. The van der Waals surface area contributed by atoms with Crippen LogP contribution in [0.2, 0.25) is 0 Å². The Hall–Kier alpha value is -1.12. The summed E-state index contributed by atoms with van der Waals surface area (Å²) in [6.45, 7) is 0. The van der Waals surface area contributed by atoms with Gasteiger partial charge in [-0.15, -0.1) is 0 Å². The third-order valence-electron chi connectivity index (χ3n) is 0.403. The van der Waals surface area contributed by atoms with Crippen LogP contribution in [0.1, 0.15) is 0 Å². The van der Waals surface area contributed by atoms with Gasteiger partial charge in [0.05, 0.1) is 6.21 Å². The van der Waals surface area contributed by atoms with E-state index in [9.17, 15) is 4.79 Å². The number of allylic oxidation sites excluding steroid dienone is 1. The standard InChI is InChI=1S/C4H6N2O/c5-2-1-4(7)3-6/h1-3,6H,5H2. The van der Waals surface area contributed by atoms with Crippen LogP contribution in [0.5, 0.6) is 0 Å². The fourth-order valence-corrected chi connectivity index (χ4v) is 0.143. The summed E-state index contributed by atoms with van der Waals surface area (Å²) >= 11 is 0. The first kappa shape index (κ1) is 5.88. The van der Waals surface area contributed by atoms with Gasteiger partial charge in [0.2, 0.25) is 0 Å². The average Bonchev–Trinajstić information content (AvgIpc) is 1.68. The van der Waals surface area contributed by atoms with Gasteiger partial charge < -0.3 is 11.1 Å². The van der Waals surface area contributed by atoms with Crippen LogP contribution in [-0.2, 0) is 4.79 Å². The van der Waals surface area contributed by atoms with Crippen molar-refractivity contribution in [3.8, 4) is 0 Å². The van der Waals surface area contributed by atoms with E-state index in [4.69, 9.17) is 11.1 Å². The molecule has 0 rings (SSSR count). The monoisotopic (exact) mass is 98.0 g/mol. The van der Waals surface area contributed by atoms with E-state index in [1.54, 1.807) is 0 Å². The van der Waals surface area contributed by atoms with Crippen LogP contribution in [0, 0.1) is 5.41 Å². The van der Waals surface area contributed by atoms with E-state index >= 15 is 0 Å².